The van der Waals surface area contributed by atoms with Crippen LogP contribution in [0.3, 0.4) is 0 Å². The Balaban J connectivity index is 2.10. The lowest BCUT2D eigenvalue weighted by Crippen LogP contribution is -2.32. The molecule has 0 amide bonds. The van der Waals surface area contributed by atoms with E-state index in [4.69, 9.17) is 4.74 Å². The Morgan fingerprint density at radius 3 is 2.50 bits per heavy atom. The zero-order valence-corrected chi connectivity index (χ0v) is 13.1. The maximum Gasteiger partial charge on any atom is 0.264 e. The lowest BCUT2D eigenvalue weighted by atomic mass is 10.2. The van der Waals surface area contributed by atoms with Gasteiger partial charge >= 0.3 is 0 Å². The smallest absolute Gasteiger partial charge is 0.264 e. The van der Waals surface area contributed by atoms with Gasteiger partial charge < -0.3 is 4.74 Å². The van der Waals surface area contributed by atoms with E-state index in [1.54, 1.807) is 36.4 Å². The van der Waals surface area contributed by atoms with Gasteiger partial charge in [0.25, 0.3) is 10.0 Å². The fourth-order valence-corrected chi connectivity index (χ4v) is 3.75. The van der Waals surface area contributed by atoms with Crippen molar-refractivity contribution in [2.45, 2.75) is 11.8 Å². The van der Waals surface area contributed by atoms with E-state index in [9.17, 15) is 8.42 Å². The van der Waals surface area contributed by atoms with Crippen molar-refractivity contribution in [2.24, 2.45) is 0 Å². The second-order valence-corrected chi connectivity index (χ2v) is 6.96. The number of hydrogen-bond acceptors (Lipinski definition) is 3. The molecule has 3 rings (SSSR count). The van der Waals surface area contributed by atoms with Gasteiger partial charge in [0.1, 0.15) is 12.4 Å². The molecule has 5 heteroatoms. The first-order chi connectivity index (χ1) is 10.6. The summed E-state index contributed by atoms with van der Waals surface area (Å²) in [6.45, 7) is 2.66. The molecule has 1 aliphatic heterocycles. The van der Waals surface area contributed by atoms with Crippen LogP contribution in [-0.2, 0) is 10.0 Å². The normalized spacial score (nSPS) is 16.1. The first kappa shape index (κ1) is 14.7. The quantitative estimate of drug-likeness (QED) is 0.800. The van der Waals surface area contributed by atoms with Gasteiger partial charge in [0.15, 0.2) is 0 Å². The summed E-state index contributed by atoms with van der Waals surface area (Å²) < 4.78 is 32.9. The Labute approximate surface area is 130 Å². The zero-order chi connectivity index (χ0) is 15.6. The molecular formula is C17H17NO3S. The van der Waals surface area contributed by atoms with E-state index in [1.165, 1.54) is 4.31 Å². The fraction of sp³-hybridized carbons (Fsp3) is 0.176. The number of aryl methyl sites for hydroxylation is 1. The van der Waals surface area contributed by atoms with Crippen LogP contribution in [0.1, 0.15) is 5.56 Å². The van der Waals surface area contributed by atoms with E-state index in [0.29, 0.717) is 18.0 Å². The van der Waals surface area contributed by atoms with E-state index in [0.717, 1.165) is 5.56 Å². The average Bonchev–Trinajstić information content (AvgIpc) is 2.48. The van der Waals surface area contributed by atoms with Crippen LogP contribution in [0.2, 0.25) is 0 Å². The van der Waals surface area contributed by atoms with Gasteiger partial charge in [0, 0.05) is 0 Å². The molecule has 1 aliphatic rings. The minimum absolute atomic E-state index is 0.280. The molecule has 4 nitrogen and oxygen atoms in total. The molecule has 0 bridgehead atoms. The molecule has 114 valence electrons. The van der Waals surface area contributed by atoms with Crippen LogP contribution in [0, 0.1) is 6.92 Å². The van der Waals surface area contributed by atoms with Crippen molar-refractivity contribution in [3.63, 3.8) is 0 Å². The minimum Gasteiger partial charge on any atom is -0.487 e. The van der Waals surface area contributed by atoms with Gasteiger partial charge in [-0.2, -0.15) is 0 Å². The van der Waals surface area contributed by atoms with E-state index in [1.807, 2.05) is 31.2 Å². The third-order valence-electron chi connectivity index (χ3n) is 3.52. The third kappa shape index (κ3) is 2.72. The number of fused-ring (bicyclic) bond motifs is 1. The van der Waals surface area contributed by atoms with E-state index >= 15 is 0 Å². The number of anilines is 1. The highest BCUT2D eigenvalue weighted by Crippen LogP contribution is 2.33. The highest BCUT2D eigenvalue weighted by Gasteiger charge is 2.26. The molecule has 0 atom stereocenters. The number of ether oxygens (including phenoxy) is 1. The molecule has 0 unspecified atom stereocenters. The summed E-state index contributed by atoms with van der Waals surface area (Å²) in [6, 6.07) is 14.1. The van der Waals surface area contributed by atoms with Crippen LogP contribution in [0.4, 0.5) is 5.69 Å². The van der Waals surface area contributed by atoms with Crippen molar-refractivity contribution in [1.82, 2.24) is 0 Å². The van der Waals surface area contributed by atoms with E-state index < -0.39 is 10.0 Å². The minimum atomic E-state index is -3.63. The molecule has 0 spiro atoms. The zero-order valence-electron chi connectivity index (χ0n) is 12.3. The third-order valence-corrected chi connectivity index (χ3v) is 5.31. The Morgan fingerprint density at radius 1 is 1.00 bits per heavy atom. The maximum absolute atomic E-state index is 13.0. The number of hydrogen-bond donors (Lipinski definition) is 0. The molecule has 0 fully saturated rings. The Bertz CT molecular complexity index is 795. The lowest BCUT2D eigenvalue weighted by molar-refractivity contribution is 0.362. The lowest BCUT2D eigenvalue weighted by Gasteiger charge is -2.26. The highest BCUT2D eigenvalue weighted by molar-refractivity contribution is 7.92. The molecule has 0 aromatic heterocycles. The van der Waals surface area contributed by atoms with Crippen LogP contribution in [0.5, 0.6) is 5.75 Å². The SMILES string of the molecule is Cc1ccc(S(=O)(=O)N2C/C=C\COc3ccccc32)cc1. The number of sulfonamides is 1. The van der Waals surface area contributed by atoms with E-state index in [-0.39, 0.29) is 11.4 Å². The van der Waals surface area contributed by atoms with E-state index in [2.05, 4.69) is 0 Å². The second-order valence-electron chi connectivity index (χ2n) is 5.10. The average molecular weight is 315 g/mol. The Morgan fingerprint density at radius 2 is 1.73 bits per heavy atom. The van der Waals surface area contributed by atoms with Gasteiger partial charge in [0.05, 0.1) is 17.1 Å². The molecule has 0 saturated carbocycles. The van der Waals surface area contributed by atoms with Gasteiger partial charge in [-0.1, -0.05) is 35.9 Å². The van der Waals surface area contributed by atoms with Crippen molar-refractivity contribution in [2.75, 3.05) is 17.5 Å². The van der Waals surface area contributed by atoms with Crippen LogP contribution in [-0.4, -0.2) is 21.6 Å². The van der Waals surface area contributed by atoms with Crippen LogP contribution in [0.15, 0.2) is 65.6 Å². The molecule has 0 aliphatic carbocycles. The molecule has 0 saturated heterocycles. The number of para-hydroxylation sites is 2. The van der Waals surface area contributed by atoms with Crippen LogP contribution < -0.4 is 9.04 Å². The summed E-state index contributed by atoms with van der Waals surface area (Å²) in [5.74, 6) is 0.572. The van der Waals surface area contributed by atoms with Gasteiger partial charge in [-0.05, 0) is 37.3 Å². The standard InChI is InChI=1S/C17H17NO3S/c1-14-8-10-15(11-9-14)22(19,20)18-12-4-5-13-21-17-7-3-2-6-16(17)18/h2-11H,12-13H2,1H3/b5-4-. The topological polar surface area (TPSA) is 46.6 Å². The largest absolute Gasteiger partial charge is 0.487 e. The second kappa shape index (κ2) is 5.85. The molecule has 0 radical (unpaired) electrons. The Hall–Kier alpha value is -2.27. The number of benzene rings is 2. The summed E-state index contributed by atoms with van der Waals surface area (Å²) in [5, 5.41) is 0. The molecule has 2 aromatic rings. The van der Waals surface area contributed by atoms with Crippen molar-refractivity contribution >= 4 is 15.7 Å². The van der Waals surface area contributed by atoms with Crippen LogP contribution >= 0.6 is 0 Å². The molecule has 0 N–H and O–H groups in total. The van der Waals surface area contributed by atoms with Gasteiger partial charge in [-0.25, -0.2) is 8.42 Å². The predicted molar refractivity (Wildman–Crippen MR) is 86.8 cm³/mol. The van der Waals surface area contributed by atoms with Crippen LogP contribution in [0.25, 0.3) is 0 Å². The first-order valence-corrected chi connectivity index (χ1v) is 8.49. The van der Waals surface area contributed by atoms with Gasteiger partial charge in [-0.15, -0.1) is 0 Å². The molecule has 22 heavy (non-hydrogen) atoms. The summed E-state index contributed by atoms with van der Waals surface area (Å²) in [5.41, 5.74) is 1.59. The maximum atomic E-state index is 13.0. The van der Waals surface area contributed by atoms with Crippen molar-refractivity contribution in [1.29, 1.82) is 0 Å². The Kier molecular flexibility index (Phi) is 3.90. The number of rotatable bonds is 2. The molecule has 2 aromatic carbocycles. The first-order valence-electron chi connectivity index (χ1n) is 7.05. The molecule has 1 heterocycles. The molecular weight excluding hydrogens is 298 g/mol. The van der Waals surface area contributed by atoms with Crippen molar-refractivity contribution in [3.8, 4) is 5.75 Å². The van der Waals surface area contributed by atoms with Crippen molar-refractivity contribution in [3.05, 3.63) is 66.2 Å². The monoisotopic (exact) mass is 315 g/mol. The number of nitrogens with zero attached hydrogens (tertiary/aromatic N) is 1. The fourth-order valence-electron chi connectivity index (χ4n) is 2.32. The summed E-state index contributed by atoms with van der Waals surface area (Å²) in [4.78, 5) is 0.280. The van der Waals surface area contributed by atoms with Crippen molar-refractivity contribution < 1.29 is 13.2 Å². The highest BCUT2D eigenvalue weighted by atomic mass is 32.2. The predicted octanol–water partition coefficient (Wildman–Crippen LogP) is 3.14. The van der Waals surface area contributed by atoms with Gasteiger partial charge in [0.2, 0.25) is 0 Å². The summed E-state index contributed by atoms with van der Waals surface area (Å²) >= 11 is 0. The summed E-state index contributed by atoms with van der Waals surface area (Å²) in [6.07, 6.45) is 3.63. The van der Waals surface area contributed by atoms with Gasteiger partial charge in [-0.3, -0.25) is 4.31 Å². The summed E-state index contributed by atoms with van der Waals surface area (Å²) in [7, 11) is -3.63.